The minimum atomic E-state index is -0.251. The van der Waals surface area contributed by atoms with Crippen LogP contribution in [0.5, 0.6) is 5.75 Å². The van der Waals surface area contributed by atoms with Crippen molar-refractivity contribution in [3.63, 3.8) is 0 Å². The maximum Gasteiger partial charge on any atom is 0.227 e. The van der Waals surface area contributed by atoms with E-state index in [1.807, 2.05) is 0 Å². The maximum atomic E-state index is 13.0. The first-order valence-electron chi connectivity index (χ1n) is 8.96. The first kappa shape index (κ1) is 20.4. The van der Waals surface area contributed by atoms with Crippen LogP contribution in [0.15, 0.2) is 36.4 Å². The number of hydrogen-bond donors (Lipinski definition) is 2. The number of nitrogen functional groups attached to an aromatic ring is 1. The van der Waals surface area contributed by atoms with Crippen molar-refractivity contribution in [2.24, 2.45) is 0 Å². The second kappa shape index (κ2) is 9.23. The van der Waals surface area contributed by atoms with Gasteiger partial charge in [0.05, 0.1) is 42.6 Å². The summed E-state index contributed by atoms with van der Waals surface area (Å²) in [5, 5.41) is 3.15. The Hall–Kier alpha value is -2.35. The number of hydrogen-bond acceptors (Lipinski definition) is 5. The number of halogens is 2. The van der Waals surface area contributed by atoms with E-state index in [1.54, 1.807) is 24.3 Å². The van der Waals surface area contributed by atoms with Gasteiger partial charge in [-0.2, -0.15) is 0 Å². The van der Waals surface area contributed by atoms with Gasteiger partial charge in [0.2, 0.25) is 5.91 Å². The molecule has 0 aliphatic carbocycles. The molecule has 8 heteroatoms. The van der Waals surface area contributed by atoms with Gasteiger partial charge in [0.1, 0.15) is 11.6 Å². The zero-order valence-corrected chi connectivity index (χ0v) is 16.3. The highest BCUT2D eigenvalue weighted by Gasteiger charge is 2.23. The number of ether oxygens (including phenoxy) is 2. The minimum absolute atomic E-state index is 0.199. The summed E-state index contributed by atoms with van der Waals surface area (Å²) >= 11 is 6.04. The fourth-order valence-electron chi connectivity index (χ4n) is 3.14. The number of amides is 1. The topological polar surface area (TPSA) is 76.8 Å². The van der Waals surface area contributed by atoms with E-state index in [0.717, 1.165) is 12.1 Å². The molecule has 0 radical (unpaired) electrons. The lowest BCUT2D eigenvalue weighted by Gasteiger charge is -2.32. The van der Waals surface area contributed by atoms with Gasteiger partial charge in [-0.15, -0.1) is 0 Å². The fourth-order valence-corrected chi connectivity index (χ4v) is 3.30. The van der Waals surface area contributed by atoms with Crippen molar-refractivity contribution in [3.8, 4) is 5.75 Å². The molecule has 1 aliphatic heterocycles. The molecule has 3 rings (SSSR count). The Kier molecular flexibility index (Phi) is 6.72. The molecule has 2 aromatic rings. The molecule has 1 amide bonds. The maximum absolute atomic E-state index is 13.0. The molecule has 1 heterocycles. The number of rotatable bonds is 6. The number of carbonyl (C=O) groups is 1. The number of carbonyl (C=O) groups excluding carboxylic acids is 1. The second-order valence-electron chi connectivity index (χ2n) is 6.68. The zero-order valence-electron chi connectivity index (χ0n) is 15.6. The van der Waals surface area contributed by atoms with Gasteiger partial charge in [-0.25, -0.2) is 4.39 Å². The Bertz CT molecular complexity index is 832. The van der Waals surface area contributed by atoms with Crippen molar-refractivity contribution in [2.45, 2.75) is 19.1 Å². The number of nitrogens with zero attached hydrogens (tertiary/aromatic N) is 1. The predicted octanol–water partition coefficient (Wildman–Crippen LogP) is 3.30. The van der Waals surface area contributed by atoms with E-state index >= 15 is 0 Å². The third-order valence-electron chi connectivity index (χ3n) is 4.55. The van der Waals surface area contributed by atoms with Crippen molar-refractivity contribution < 1.29 is 18.7 Å². The number of nitrogens with two attached hydrogens (primary N) is 1. The Balaban J connectivity index is 1.56. The molecule has 1 fully saturated rings. The normalized spacial score (nSPS) is 17.3. The van der Waals surface area contributed by atoms with E-state index in [-0.39, 0.29) is 24.2 Å². The molecule has 1 unspecified atom stereocenters. The van der Waals surface area contributed by atoms with Crippen LogP contribution in [0.3, 0.4) is 0 Å². The van der Waals surface area contributed by atoms with E-state index < -0.39 is 0 Å². The van der Waals surface area contributed by atoms with E-state index in [4.69, 9.17) is 26.8 Å². The van der Waals surface area contributed by atoms with Crippen LogP contribution in [-0.2, 0) is 16.1 Å². The molecular weight excluding hydrogens is 385 g/mol. The van der Waals surface area contributed by atoms with E-state index in [9.17, 15) is 9.18 Å². The van der Waals surface area contributed by atoms with Gasteiger partial charge in [-0.1, -0.05) is 23.7 Å². The van der Waals surface area contributed by atoms with Gasteiger partial charge in [0.15, 0.2) is 0 Å². The van der Waals surface area contributed by atoms with Gasteiger partial charge >= 0.3 is 0 Å². The van der Waals surface area contributed by atoms with Crippen molar-refractivity contribution in [1.29, 1.82) is 0 Å². The molecule has 3 N–H and O–H groups in total. The summed E-state index contributed by atoms with van der Waals surface area (Å²) in [5.41, 5.74) is 7.62. The Morgan fingerprint density at radius 1 is 1.39 bits per heavy atom. The lowest BCUT2D eigenvalue weighted by Crippen LogP contribution is -2.43. The molecular formula is C20H23ClFN3O3. The van der Waals surface area contributed by atoms with Crippen LogP contribution in [0.1, 0.15) is 12.0 Å². The van der Waals surface area contributed by atoms with Crippen LogP contribution >= 0.6 is 11.6 Å². The summed E-state index contributed by atoms with van der Waals surface area (Å²) in [5.74, 6) is -0.0102. The standard InChI is InChI=1S/C20H23ClFN3O3/c1-27-19-10-17(23)16(21)9-18(19)24-20(26)8-15-12-25(6-7-28-15)11-13-2-4-14(22)5-3-13/h2-5,9-10,15H,6-8,11-12,23H2,1H3,(H,24,26). The van der Waals surface area contributed by atoms with Crippen LogP contribution in [0.4, 0.5) is 15.8 Å². The summed E-state index contributed by atoms with van der Waals surface area (Å²) < 4.78 is 24.0. The fraction of sp³-hybridized carbons (Fsp3) is 0.350. The highest BCUT2D eigenvalue weighted by molar-refractivity contribution is 6.33. The van der Waals surface area contributed by atoms with Crippen LogP contribution in [-0.4, -0.2) is 43.7 Å². The molecule has 1 saturated heterocycles. The molecule has 2 aromatic carbocycles. The lowest BCUT2D eigenvalue weighted by molar-refractivity contribution is -0.121. The van der Waals surface area contributed by atoms with Crippen LogP contribution in [0, 0.1) is 5.82 Å². The Labute approximate surface area is 168 Å². The molecule has 0 spiro atoms. The summed E-state index contributed by atoms with van der Waals surface area (Å²) in [6.45, 7) is 2.60. The van der Waals surface area contributed by atoms with E-state index in [0.29, 0.717) is 41.8 Å². The molecule has 0 aromatic heterocycles. The summed E-state index contributed by atoms with van der Waals surface area (Å²) in [6, 6.07) is 9.57. The van der Waals surface area contributed by atoms with E-state index in [2.05, 4.69) is 10.2 Å². The summed E-state index contributed by atoms with van der Waals surface area (Å²) in [6.07, 6.45) is -0.0325. The largest absolute Gasteiger partial charge is 0.494 e. The molecule has 1 atom stereocenters. The van der Waals surface area contributed by atoms with E-state index in [1.165, 1.54) is 19.2 Å². The van der Waals surface area contributed by atoms with Gasteiger partial charge in [-0.3, -0.25) is 9.69 Å². The Morgan fingerprint density at radius 2 is 2.14 bits per heavy atom. The monoisotopic (exact) mass is 407 g/mol. The zero-order chi connectivity index (χ0) is 20.1. The lowest BCUT2D eigenvalue weighted by atomic mass is 10.1. The number of methoxy groups -OCH3 is 1. The smallest absolute Gasteiger partial charge is 0.227 e. The number of anilines is 2. The van der Waals surface area contributed by atoms with Crippen molar-refractivity contribution in [3.05, 3.63) is 52.8 Å². The predicted molar refractivity (Wildman–Crippen MR) is 107 cm³/mol. The van der Waals surface area contributed by atoms with Gasteiger partial charge in [-0.05, 0) is 23.8 Å². The summed E-state index contributed by atoms with van der Waals surface area (Å²) in [4.78, 5) is 14.7. The van der Waals surface area contributed by atoms with Crippen LogP contribution < -0.4 is 15.8 Å². The highest BCUT2D eigenvalue weighted by Crippen LogP contribution is 2.33. The minimum Gasteiger partial charge on any atom is -0.494 e. The molecule has 6 nitrogen and oxygen atoms in total. The quantitative estimate of drug-likeness (QED) is 0.718. The average molecular weight is 408 g/mol. The molecule has 28 heavy (non-hydrogen) atoms. The average Bonchev–Trinajstić information content (AvgIpc) is 2.66. The van der Waals surface area contributed by atoms with Gasteiger partial charge in [0, 0.05) is 25.7 Å². The third kappa shape index (κ3) is 5.34. The SMILES string of the molecule is COc1cc(N)c(Cl)cc1NC(=O)CC1CN(Cc2ccc(F)cc2)CCO1. The Morgan fingerprint density at radius 3 is 2.86 bits per heavy atom. The third-order valence-corrected chi connectivity index (χ3v) is 4.88. The van der Waals surface area contributed by atoms with Crippen molar-refractivity contribution in [1.82, 2.24) is 4.90 Å². The molecule has 1 aliphatic rings. The first-order valence-corrected chi connectivity index (χ1v) is 9.33. The van der Waals surface area contributed by atoms with Crippen LogP contribution in [0.25, 0.3) is 0 Å². The van der Waals surface area contributed by atoms with Gasteiger partial charge in [0.25, 0.3) is 0 Å². The highest BCUT2D eigenvalue weighted by atomic mass is 35.5. The second-order valence-corrected chi connectivity index (χ2v) is 7.09. The van der Waals surface area contributed by atoms with Crippen LogP contribution in [0.2, 0.25) is 5.02 Å². The number of morpholine rings is 1. The molecule has 0 bridgehead atoms. The molecule has 0 saturated carbocycles. The molecule has 150 valence electrons. The number of nitrogens with one attached hydrogen (secondary N) is 1. The van der Waals surface area contributed by atoms with Crippen molar-refractivity contribution in [2.75, 3.05) is 37.9 Å². The number of benzene rings is 2. The summed E-state index contributed by atoms with van der Waals surface area (Å²) in [7, 11) is 1.50. The first-order chi connectivity index (χ1) is 13.4. The van der Waals surface area contributed by atoms with Crippen molar-refractivity contribution >= 4 is 28.9 Å². The van der Waals surface area contributed by atoms with Gasteiger partial charge < -0.3 is 20.5 Å².